The molecular weight excluding hydrogens is 611 g/mol. The van der Waals surface area contributed by atoms with Gasteiger partial charge in [-0.1, -0.05) is 42.5 Å². The highest BCUT2D eigenvalue weighted by molar-refractivity contribution is 8.02. The minimum absolute atomic E-state index is 0.235. The average molecular weight is 660 g/mol. The number of fused-ring (bicyclic) bond motifs is 1. The lowest BCUT2D eigenvalue weighted by molar-refractivity contribution is -0.156. The number of unbranched alkanes of at least 4 members (excludes halogenated alkanes) is 2. The first-order valence-electron chi connectivity index (χ1n) is 16.9. The van der Waals surface area contributed by atoms with Crippen molar-refractivity contribution in [3.05, 3.63) is 85.5 Å². The van der Waals surface area contributed by atoms with Gasteiger partial charge in [0.15, 0.2) is 0 Å². The van der Waals surface area contributed by atoms with Gasteiger partial charge >= 0.3 is 5.97 Å². The van der Waals surface area contributed by atoms with E-state index in [1.807, 2.05) is 67.6 Å². The van der Waals surface area contributed by atoms with Crippen LogP contribution in [0.3, 0.4) is 0 Å². The molecule has 3 saturated heterocycles. The number of nitrogens with zero attached hydrogens (tertiary/aromatic N) is 3. The van der Waals surface area contributed by atoms with Gasteiger partial charge in [-0.3, -0.25) is 14.4 Å². The van der Waals surface area contributed by atoms with Crippen molar-refractivity contribution in [3.8, 4) is 0 Å². The van der Waals surface area contributed by atoms with Gasteiger partial charge in [0.05, 0.1) is 35.8 Å². The summed E-state index contributed by atoms with van der Waals surface area (Å²) in [4.78, 5) is 49.3. The summed E-state index contributed by atoms with van der Waals surface area (Å²) in [7, 11) is 0. The van der Waals surface area contributed by atoms with Gasteiger partial charge in [0, 0.05) is 35.8 Å². The second-order valence-electron chi connectivity index (χ2n) is 13.0. The fourth-order valence-corrected chi connectivity index (χ4v) is 10.4. The van der Waals surface area contributed by atoms with E-state index in [1.54, 1.807) is 27.6 Å². The number of aliphatic hydroxyl groups excluding tert-OH is 1. The normalized spacial score (nSPS) is 26.5. The smallest absolute Gasteiger partial charge is 0.311 e. The van der Waals surface area contributed by atoms with E-state index in [2.05, 4.69) is 31.9 Å². The number of carbonyl (C=O) groups excluding carboxylic acids is 3. The fraction of sp³-hybridized carbons (Fsp3) is 0.500. The maximum atomic E-state index is 15.1. The number of carbonyl (C=O) groups is 3. The van der Waals surface area contributed by atoms with Crippen molar-refractivity contribution in [3.63, 3.8) is 0 Å². The Labute approximate surface area is 283 Å². The number of hydrogen-bond acceptors (Lipinski definition) is 7. The summed E-state index contributed by atoms with van der Waals surface area (Å²) in [6.45, 7) is 15.9. The highest BCUT2D eigenvalue weighted by Crippen LogP contribution is 2.72. The van der Waals surface area contributed by atoms with Crippen molar-refractivity contribution in [1.82, 2.24) is 4.90 Å². The molecule has 1 spiro atoms. The lowest BCUT2D eigenvalue weighted by Crippen LogP contribution is -2.56. The Hall–Kier alpha value is -3.56. The summed E-state index contributed by atoms with van der Waals surface area (Å²) in [6, 6.07) is 15.6. The first-order chi connectivity index (χ1) is 22.7. The monoisotopic (exact) mass is 659 g/mol. The van der Waals surface area contributed by atoms with Crippen LogP contribution in [0.1, 0.15) is 64.5 Å². The zero-order valence-corrected chi connectivity index (χ0v) is 28.8. The number of thioether (sulfide) groups is 1. The largest absolute Gasteiger partial charge is 0.465 e. The summed E-state index contributed by atoms with van der Waals surface area (Å²) in [5.74, 6) is -2.31. The van der Waals surface area contributed by atoms with Gasteiger partial charge in [0.25, 0.3) is 5.91 Å². The Morgan fingerprint density at radius 2 is 1.72 bits per heavy atom. The van der Waals surface area contributed by atoms with Crippen molar-refractivity contribution in [2.24, 2.45) is 11.8 Å². The van der Waals surface area contributed by atoms with Crippen molar-refractivity contribution in [2.75, 3.05) is 42.6 Å². The summed E-state index contributed by atoms with van der Waals surface area (Å²) in [5.41, 5.74) is 2.51. The highest BCUT2D eigenvalue weighted by Gasteiger charge is 2.78. The van der Waals surface area contributed by atoms with Crippen LogP contribution in [-0.4, -0.2) is 76.2 Å². The van der Waals surface area contributed by atoms with E-state index in [9.17, 15) is 14.7 Å². The van der Waals surface area contributed by atoms with Crippen molar-refractivity contribution in [2.45, 2.75) is 74.5 Å². The molecule has 3 aliphatic rings. The number of aliphatic hydroxyl groups is 1. The van der Waals surface area contributed by atoms with Gasteiger partial charge in [-0.2, -0.15) is 0 Å². The lowest BCUT2D eigenvalue weighted by atomic mass is 9.66. The number of allylic oxidation sites excluding steroid dienone is 1. The molecular formula is C38H49N3O5S. The summed E-state index contributed by atoms with van der Waals surface area (Å²) < 4.78 is 4.44. The van der Waals surface area contributed by atoms with Crippen LogP contribution >= 0.6 is 11.8 Å². The van der Waals surface area contributed by atoms with E-state index in [0.29, 0.717) is 18.5 Å². The molecule has 9 heteroatoms. The molecule has 2 unspecified atom stereocenters. The SMILES string of the molecule is C=CCCCCOC(=O)[C@H]1[C@H]2C(=O)N([C@H](CO)c3ccccc3)C(C(=O)N(CC=C)c3ccc(N(CC)CC)cc3)C23CC[C@]1(C)S3. The molecule has 2 aromatic rings. The van der Waals surface area contributed by atoms with Crippen LogP contribution in [0.15, 0.2) is 79.9 Å². The summed E-state index contributed by atoms with van der Waals surface area (Å²) >= 11 is 1.61. The molecule has 0 aromatic heterocycles. The van der Waals surface area contributed by atoms with Crippen LogP contribution in [0.5, 0.6) is 0 Å². The number of esters is 1. The van der Waals surface area contributed by atoms with E-state index in [1.165, 1.54) is 0 Å². The second kappa shape index (κ2) is 14.7. The Kier molecular flexibility index (Phi) is 10.9. The third-order valence-electron chi connectivity index (χ3n) is 10.3. The predicted molar refractivity (Wildman–Crippen MR) is 189 cm³/mol. The number of amides is 2. The second-order valence-corrected chi connectivity index (χ2v) is 14.9. The molecule has 8 nitrogen and oxygen atoms in total. The molecule has 2 bridgehead atoms. The Morgan fingerprint density at radius 1 is 1.04 bits per heavy atom. The van der Waals surface area contributed by atoms with Crippen LogP contribution in [0, 0.1) is 11.8 Å². The lowest BCUT2D eigenvalue weighted by Gasteiger charge is -2.39. The topological polar surface area (TPSA) is 90.4 Å². The van der Waals surface area contributed by atoms with Gasteiger partial charge in [-0.25, -0.2) is 0 Å². The molecule has 1 N–H and O–H groups in total. The summed E-state index contributed by atoms with van der Waals surface area (Å²) in [6.07, 6.45) is 7.27. The minimum Gasteiger partial charge on any atom is -0.465 e. The average Bonchev–Trinajstić information content (AvgIpc) is 3.65. The first-order valence-corrected chi connectivity index (χ1v) is 17.8. The van der Waals surface area contributed by atoms with Crippen molar-refractivity contribution < 1.29 is 24.2 Å². The van der Waals surface area contributed by atoms with Gasteiger partial charge in [-0.05, 0) is 82.7 Å². The molecule has 0 saturated carbocycles. The molecule has 6 atom stereocenters. The van der Waals surface area contributed by atoms with Crippen LogP contribution in [0.4, 0.5) is 11.4 Å². The van der Waals surface area contributed by atoms with Crippen molar-refractivity contribution >= 4 is 40.9 Å². The fourth-order valence-electron chi connectivity index (χ4n) is 8.05. The molecule has 2 aromatic carbocycles. The molecule has 47 heavy (non-hydrogen) atoms. The first kappa shape index (κ1) is 34.8. The third kappa shape index (κ3) is 6.24. The van der Waals surface area contributed by atoms with E-state index < -0.39 is 33.4 Å². The molecule has 3 fully saturated rings. The third-order valence-corrected chi connectivity index (χ3v) is 12.3. The van der Waals surface area contributed by atoms with Gasteiger partial charge < -0.3 is 24.5 Å². The zero-order chi connectivity index (χ0) is 33.8. The van der Waals surface area contributed by atoms with Crippen LogP contribution < -0.4 is 9.80 Å². The highest BCUT2D eigenvalue weighted by atomic mass is 32.2. The van der Waals surface area contributed by atoms with E-state index >= 15 is 4.79 Å². The molecule has 3 aliphatic heterocycles. The molecule has 0 radical (unpaired) electrons. The Balaban J connectivity index is 1.56. The van der Waals surface area contributed by atoms with Gasteiger partial charge in [0.1, 0.15) is 6.04 Å². The number of likely N-dealkylation sites (tertiary alicyclic amines) is 1. The predicted octanol–water partition coefficient (Wildman–Crippen LogP) is 6.17. The molecule has 0 aliphatic carbocycles. The number of rotatable bonds is 16. The van der Waals surface area contributed by atoms with Crippen LogP contribution in [0.25, 0.3) is 0 Å². The summed E-state index contributed by atoms with van der Waals surface area (Å²) in [5, 5.41) is 10.8. The standard InChI is InChI=1S/C38H49N3O5S/c1-6-10-11-15-25-46-36(45)32-31-34(43)41(30(26-42)27-16-13-12-14-17-27)33(38(31)23-22-37(32,5)47-38)35(44)40(24-7-2)29-20-18-28(19-21-29)39(8-3)9-4/h6-7,12-14,16-21,30-33,42H,1-2,8-11,15,22-26H2,3-5H3/t30-,31+,32-,33?,37+,38?/m1/s1. The number of ether oxygens (including phenoxy) is 1. The van der Waals surface area contributed by atoms with Crippen LogP contribution in [0.2, 0.25) is 0 Å². The molecule has 252 valence electrons. The number of benzene rings is 2. The van der Waals surface area contributed by atoms with Crippen LogP contribution in [-0.2, 0) is 19.1 Å². The van der Waals surface area contributed by atoms with Gasteiger partial charge in [-0.15, -0.1) is 24.9 Å². The molecule has 2 amide bonds. The Morgan fingerprint density at radius 3 is 2.34 bits per heavy atom. The molecule has 3 heterocycles. The van der Waals surface area contributed by atoms with E-state index in [-0.39, 0.29) is 37.5 Å². The quantitative estimate of drug-likeness (QED) is 0.131. The van der Waals surface area contributed by atoms with Crippen molar-refractivity contribution in [1.29, 1.82) is 0 Å². The van der Waals surface area contributed by atoms with E-state index in [4.69, 9.17) is 4.74 Å². The number of hydrogen-bond donors (Lipinski definition) is 1. The maximum Gasteiger partial charge on any atom is 0.311 e. The van der Waals surface area contributed by atoms with Gasteiger partial charge in [0.2, 0.25) is 5.91 Å². The number of anilines is 2. The Bertz CT molecular complexity index is 1450. The van der Waals surface area contributed by atoms with E-state index in [0.717, 1.165) is 43.6 Å². The minimum atomic E-state index is -0.906. The maximum absolute atomic E-state index is 15.1. The zero-order valence-electron chi connectivity index (χ0n) is 28.0. The molecule has 5 rings (SSSR count).